The Morgan fingerprint density at radius 3 is 3.16 bits per heavy atom. The number of hydrogen-bond acceptors (Lipinski definition) is 4. The molecule has 0 radical (unpaired) electrons. The van der Waals surface area contributed by atoms with Crippen LogP contribution in [0.1, 0.15) is 25.7 Å². The zero-order chi connectivity index (χ0) is 12.9. The van der Waals surface area contributed by atoms with Crippen LogP contribution in [0, 0.1) is 11.3 Å². The van der Waals surface area contributed by atoms with Gasteiger partial charge < -0.3 is 15.2 Å². The van der Waals surface area contributed by atoms with Gasteiger partial charge in [-0.3, -0.25) is 4.68 Å². The van der Waals surface area contributed by atoms with Crippen molar-refractivity contribution >= 4 is 5.69 Å². The van der Waals surface area contributed by atoms with Crippen LogP contribution in [0.3, 0.4) is 0 Å². The highest BCUT2D eigenvalue weighted by Gasteiger charge is 2.66. The monoisotopic (exact) mass is 263 g/mol. The minimum Gasteiger partial charge on any atom is -0.394 e. The summed E-state index contributed by atoms with van der Waals surface area (Å²) in [4.78, 5) is 0. The molecule has 0 bridgehead atoms. The lowest BCUT2D eigenvalue weighted by molar-refractivity contribution is -0.158. The normalized spacial score (nSPS) is 34.7. The number of rotatable bonds is 4. The Bertz CT molecular complexity index is 469. The fourth-order valence-electron chi connectivity index (χ4n) is 4.30. The van der Waals surface area contributed by atoms with Crippen molar-refractivity contribution < 1.29 is 9.84 Å². The number of aliphatic hydroxyl groups is 1. The van der Waals surface area contributed by atoms with Gasteiger partial charge in [-0.25, -0.2) is 0 Å². The second-order valence-corrected chi connectivity index (χ2v) is 6.17. The summed E-state index contributed by atoms with van der Waals surface area (Å²) in [5, 5.41) is 16.9. The van der Waals surface area contributed by atoms with E-state index < -0.39 is 0 Å². The summed E-state index contributed by atoms with van der Waals surface area (Å²) in [6, 6.07) is 0.556. The number of aliphatic hydroxyl groups excluding tert-OH is 1. The van der Waals surface area contributed by atoms with Crippen molar-refractivity contribution in [2.24, 2.45) is 11.3 Å². The van der Waals surface area contributed by atoms with E-state index in [9.17, 15) is 0 Å². The molecule has 3 unspecified atom stereocenters. The van der Waals surface area contributed by atoms with Gasteiger partial charge in [0.05, 0.1) is 31.1 Å². The van der Waals surface area contributed by atoms with Crippen molar-refractivity contribution in [3.05, 3.63) is 12.4 Å². The molecule has 2 heterocycles. The van der Waals surface area contributed by atoms with Crippen molar-refractivity contribution in [2.75, 3.05) is 18.5 Å². The van der Waals surface area contributed by atoms with E-state index in [1.807, 2.05) is 12.4 Å². The molecule has 1 spiro atoms. The molecule has 1 aliphatic heterocycles. The van der Waals surface area contributed by atoms with E-state index in [0.29, 0.717) is 30.0 Å². The number of fused-ring (bicyclic) bond motifs is 2. The van der Waals surface area contributed by atoms with Crippen LogP contribution in [0.5, 0.6) is 0 Å². The van der Waals surface area contributed by atoms with E-state index in [-0.39, 0.29) is 6.61 Å². The molecule has 5 nitrogen and oxygen atoms in total. The molecular formula is C14H21N3O2. The number of nitrogens with zero attached hydrogens (tertiary/aromatic N) is 2. The first kappa shape index (κ1) is 11.7. The largest absolute Gasteiger partial charge is 0.394 e. The third-order valence-electron chi connectivity index (χ3n) is 5.32. The van der Waals surface area contributed by atoms with Gasteiger partial charge in [-0.05, 0) is 19.3 Å². The number of nitrogens with one attached hydrogen (secondary N) is 1. The highest BCUT2D eigenvalue weighted by Crippen LogP contribution is 2.63. The quantitative estimate of drug-likeness (QED) is 0.858. The highest BCUT2D eigenvalue weighted by atomic mass is 16.5. The molecule has 3 aliphatic rings. The number of hydrogen-bond donors (Lipinski definition) is 2. The predicted molar refractivity (Wildman–Crippen MR) is 70.9 cm³/mol. The molecule has 2 aliphatic carbocycles. The van der Waals surface area contributed by atoms with Gasteiger partial charge in [0.15, 0.2) is 0 Å². The maximum absolute atomic E-state index is 8.92. The average Bonchev–Trinajstić information content (AvgIpc) is 2.93. The highest BCUT2D eigenvalue weighted by molar-refractivity contribution is 5.43. The summed E-state index contributed by atoms with van der Waals surface area (Å²) in [6.07, 6.45) is 9.50. The first-order chi connectivity index (χ1) is 9.33. The first-order valence-electron chi connectivity index (χ1n) is 7.35. The maximum Gasteiger partial charge on any atom is 0.0728 e. The van der Waals surface area contributed by atoms with Gasteiger partial charge in [0, 0.05) is 30.2 Å². The summed E-state index contributed by atoms with van der Waals surface area (Å²) in [6.45, 7) is 1.62. The minimum atomic E-state index is 0.132. The van der Waals surface area contributed by atoms with Gasteiger partial charge in [0.25, 0.3) is 0 Å². The zero-order valence-electron chi connectivity index (χ0n) is 11.1. The molecule has 1 aromatic heterocycles. The van der Waals surface area contributed by atoms with Crippen LogP contribution in [0.25, 0.3) is 0 Å². The Hall–Kier alpha value is -1.07. The van der Waals surface area contributed by atoms with Crippen LogP contribution in [-0.2, 0) is 11.3 Å². The van der Waals surface area contributed by atoms with E-state index in [1.54, 1.807) is 4.68 Å². The molecule has 5 heteroatoms. The van der Waals surface area contributed by atoms with Crippen LogP contribution in [0.2, 0.25) is 0 Å². The van der Waals surface area contributed by atoms with Crippen LogP contribution in [0.4, 0.5) is 5.69 Å². The topological polar surface area (TPSA) is 59.3 Å². The molecule has 2 N–H and O–H groups in total. The van der Waals surface area contributed by atoms with Gasteiger partial charge in [-0.2, -0.15) is 5.10 Å². The van der Waals surface area contributed by atoms with E-state index in [1.165, 1.54) is 25.7 Å². The van der Waals surface area contributed by atoms with Crippen molar-refractivity contribution in [2.45, 2.75) is 44.4 Å². The summed E-state index contributed by atoms with van der Waals surface area (Å²) >= 11 is 0. The first-order valence-corrected chi connectivity index (χ1v) is 7.35. The average molecular weight is 263 g/mol. The molecule has 19 heavy (non-hydrogen) atoms. The Morgan fingerprint density at radius 2 is 2.42 bits per heavy atom. The van der Waals surface area contributed by atoms with Crippen LogP contribution >= 0.6 is 0 Å². The van der Waals surface area contributed by atoms with E-state index in [2.05, 4.69) is 10.4 Å². The Balaban J connectivity index is 1.49. The second-order valence-electron chi connectivity index (χ2n) is 6.17. The summed E-state index contributed by atoms with van der Waals surface area (Å²) in [5.41, 5.74) is 1.48. The van der Waals surface area contributed by atoms with Gasteiger partial charge >= 0.3 is 0 Å². The lowest BCUT2D eigenvalue weighted by Crippen LogP contribution is -2.68. The smallest absolute Gasteiger partial charge is 0.0728 e. The third-order valence-corrected chi connectivity index (χ3v) is 5.32. The van der Waals surface area contributed by atoms with Crippen LogP contribution < -0.4 is 5.32 Å². The Labute approximate surface area is 112 Å². The molecule has 3 atom stereocenters. The lowest BCUT2D eigenvalue weighted by atomic mass is 9.46. The van der Waals surface area contributed by atoms with Crippen LogP contribution in [0.15, 0.2) is 12.4 Å². The molecule has 3 fully saturated rings. The summed E-state index contributed by atoms with van der Waals surface area (Å²) in [7, 11) is 0. The SMILES string of the molecule is OCCn1cc(NC2C3CCOC3C23CCC3)cn1. The Kier molecular flexibility index (Phi) is 2.60. The Morgan fingerprint density at radius 1 is 1.53 bits per heavy atom. The molecule has 4 rings (SSSR count). The third kappa shape index (κ3) is 1.58. The molecule has 0 aromatic carbocycles. The van der Waals surface area contributed by atoms with Gasteiger partial charge in [-0.15, -0.1) is 0 Å². The van der Waals surface area contributed by atoms with Crippen molar-refractivity contribution in [3.63, 3.8) is 0 Å². The van der Waals surface area contributed by atoms with Gasteiger partial charge in [-0.1, -0.05) is 6.42 Å². The zero-order valence-corrected chi connectivity index (χ0v) is 11.1. The minimum absolute atomic E-state index is 0.132. The van der Waals surface area contributed by atoms with E-state index in [4.69, 9.17) is 9.84 Å². The molecular weight excluding hydrogens is 242 g/mol. The molecule has 104 valence electrons. The van der Waals surface area contributed by atoms with E-state index in [0.717, 1.165) is 12.3 Å². The second kappa shape index (κ2) is 4.21. The standard InChI is InChI=1S/C14H21N3O2/c18-6-5-17-9-10(8-15-17)16-12-11-2-7-19-13(11)14(12)3-1-4-14/h8-9,11-13,16,18H,1-7H2. The van der Waals surface area contributed by atoms with Gasteiger partial charge in [0.1, 0.15) is 0 Å². The van der Waals surface area contributed by atoms with Crippen LogP contribution in [-0.4, -0.2) is 40.2 Å². The number of aromatic nitrogens is 2. The predicted octanol–water partition coefficient (Wildman–Crippen LogP) is 1.24. The molecule has 1 aromatic rings. The van der Waals surface area contributed by atoms with E-state index >= 15 is 0 Å². The number of anilines is 1. The maximum atomic E-state index is 8.92. The summed E-state index contributed by atoms with van der Waals surface area (Å²) < 4.78 is 7.72. The fourth-order valence-corrected chi connectivity index (χ4v) is 4.30. The van der Waals surface area contributed by atoms with Gasteiger partial charge in [0.2, 0.25) is 0 Å². The summed E-state index contributed by atoms with van der Waals surface area (Å²) in [5.74, 6) is 0.682. The van der Waals surface area contributed by atoms with Crippen molar-refractivity contribution in [1.82, 2.24) is 9.78 Å². The molecule has 2 saturated carbocycles. The lowest BCUT2D eigenvalue weighted by Gasteiger charge is -2.63. The molecule has 1 saturated heterocycles. The van der Waals surface area contributed by atoms with Crippen molar-refractivity contribution in [3.8, 4) is 0 Å². The van der Waals surface area contributed by atoms with Crippen molar-refractivity contribution in [1.29, 1.82) is 0 Å². The molecule has 0 amide bonds. The fraction of sp³-hybridized carbons (Fsp3) is 0.786. The number of ether oxygens (including phenoxy) is 1.